The fourth-order valence-corrected chi connectivity index (χ4v) is 3.75. The second kappa shape index (κ2) is 6.67. The molecule has 2 aromatic heterocycles. The van der Waals surface area contributed by atoms with Gasteiger partial charge in [-0.25, -0.2) is 9.67 Å². The van der Waals surface area contributed by atoms with Crippen LogP contribution >= 0.6 is 11.3 Å². The van der Waals surface area contributed by atoms with Crippen LogP contribution in [0.2, 0.25) is 0 Å². The van der Waals surface area contributed by atoms with Crippen molar-refractivity contribution < 1.29 is 5.11 Å². The van der Waals surface area contributed by atoms with Crippen LogP contribution in [0, 0.1) is 0 Å². The molecule has 1 aliphatic heterocycles. The molecule has 5 nitrogen and oxygen atoms in total. The van der Waals surface area contributed by atoms with E-state index >= 15 is 0 Å². The van der Waals surface area contributed by atoms with Gasteiger partial charge in [-0.3, -0.25) is 0 Å². The molecule has 0 aliphatic carbocycles. The van der Waals surface area contributed by atoms with E-state index in [4.69, 9.17) is 10.1 Å². The molecule has 6 heteroatoms. The summed E-state index contributed by atoms with van der Waals surface area (Å²) in [5.41, 5.74) is 2.17. The fourth-order valence-electron chi connectivity index (χ4n) is 2.94. The fraction of sp³-hybridized carbons (Fsp3) is 0.278. The Bertz CT molecular complexity index is 839. The minimum absolute atomic E-state index is 0.128. The highest BCUT2D eigenvalue weighted by atomic mass is 32.1. The highest BCUT2D eigenvalue weighted by molar-refractivity contribution is 7.10. The maximum Gasteiger partial charge on any atom is 0.248 e. The Morgan fingerprint density at radius 3 is 2.79 bits per heavy atom. The number of nitrogens with zero attached hydrogens (tertiary/aromatic N) is 4. The predicted octanol–water partition coefficient (Wildman–Crippen LogP) is 3.38. The molecule has 0 bridgehead atoms. The van der Waals surface area contributed by atoms with Crippen LogP contribution in [0.4, 0.5) is 5.95 Å². The average molecular weight is 338 g/mol. The average Bonchev–Trinajstić information content (AvgIpc) is 3.29. The molecule has 1 aromatic carbocycles. The van der Waals surface area contributed by atoms with Crippen molar-refractivity contribution in [3.63, 3.8) is 0 Å². The number of aryl methyl sites for hydroxylation is 1. The SMILES string of the molecule is OCCCc1nc2n(n1)C(c1cccs1)CC(c1ccccc1)=N2. The lowest BCUT2D eigenvalue weighted by molar-refractivity contribution is 0.287. The topological polar surface area (TPSA) is 63.3 Å². The third kappa shape index (κ3) is 2.90. The number of hydrogen-bond donors (Lipinski definition) is 1. The summed E-state index contributed by atoms with van der Waals surface area (Å²) in [6.45, 7) is 0.150. The smallest absolute Gasteiger partial charge is 0.248 e. The molecule has 1 N–H and O–H groups in total. The summed E-state index contributed by atoms with van der Waals surface area (Å²) in [5, 5.41) is 15.8. The van der Waals surface area contributed by atoms with Gasteiger partial charge in [0.15, 0.2) is 5.82 Å². The minimum atomic E-state index is 0.128. The first-order chi connectivity index (χ1) is 11.8. The molecule has 0 radical (unpaired) electrons. The van der Waals surface area contributed by atoms with Crippen LogP contribution in [-0.2, 0) is 6.42 Å². The molecule has 1 aliphatic rings. The number of hydrogen-bond acceptors (Lipinski definition) is 5. The van der Waals surface area contributed by atoms with E-state index in [1.54, 1.807) is 11.3 Å². The summed E-state index contributed by atoms with van der Waals surface area (Å²) in [6.07, 6.45) is 2.15. The lowest BCUT2D eigenvalue weighted by atomic mass is 10.0. The molecule has 0 fully saturated rings. The molecule has 3 heterocycles. The van der Waals surface area contributed by atoms with E-state index in [0.717, 1.165) is 23.5 Å². The lowest BCUT2D eigenvalue weighted by Gasteiger charge is -2.22. The second-order valence-electron chi connectivity index (χ2n) is 5.76. The Balaban J connectivity index is 1.76. The number of aliphatic hydroxyl groups is 1. The number of aliphatic imine (C=N–C) groups is 1. The monoisotopic (exact) mass is 338 g/mol. The molecule has 4 rings (SSSR count). The highest BCUT2D eigenvalue weighted by Gasteiger charge is 2.28. The summed E-state index contributed by atoms with van der Waals surface area (Å²) >= 11 is 1.73. The Morgan fingerprint density at radius 2 is 2.04 bits per heavy atom. The van der Waals surface area contributed by atoms with E-state index in [9.17, 15) is 0 Å². The zero-order valence-electron chi connectivity index (χ0n) is 13.2. The van der Waals surface area contributed by atoms with Crippen molar-refractivity contribution in [1.29, 1.82) is 0 Å². The van der Waals surface area contributed by atoms with Crippen LogP contribution in [0.15, 0.2) is 52.8 Å². The van der Waals surface area contributed by atoms with Gasteiger partial charge in [0.1, 0.15) is 0 Å². The van der Waals surface area contributed by atoms with Crippen LogP contribution in [0.3, 0.4) is 0 Å². The van der Waals surface area contributed by atoms with E-state index in [1.165, 1.54) is 4.88 Å². The van der Waals surface area contributed by atoms with Gasteiger partial charge in [-0.2, -0.15) is 10.1 Å². The Morgan fingerprint density at radius 1 is 1.17 bits per heavy atom. The van der Waals surface area contributed by atoms with Crippen LogP contribution in [-0.4, -0.2) is 32.2 Å². The third-order valence-corrected chi connectivity index (χ3v) is 5.08. The molecule has 0 saturated carbocycles. The molecule has 3 aromatic rings. The Kier molecular flexibility index (Phi) is 4.23. The van der Waals surface area contributed by atoms with Gasteiger partial charge >= 0.3 is 0 Å². The van der Waals surface area contributed by atoms with Crippen molar-refractivity contribution >= 4 is 23.0 Å². The van der Waals surface area contributed by atoms with Gasteiger partial charge in [-0.1, -0.05) is 36.4 Å². The number of fused-ring (bicyclic) bond motifs is 1. The highest BCUT2D eigenvalue weighted by Crippen LogP contribution is 2.34. The van der Waals surface area contributed by atoms with E-state index in [2.05, 4.69) is 39.7 Å². The van der Waals surface area contributed by atoms with Crippen LogP contribution in [0.25, 0.3) is 0 Å². The predicted molar refractivity (Wildman–Crippen MR) is 95.1 cm³/mol. The van der Waals surface area contributed by atoms with E-state index in [1.807, 2.05) is 22.9 Å². The van der Waals surface area contributed by atoms with Crippen LogP contribution < -0.4 is 0 Å². The van der Waals surface area contributed by atoms with Crippen molar-refractivity contribution in [3.8, 4) is 0 Å². The van der Waals surface area contributed by atoms with E-state index < -0.39 is 0 Å². The number of aliphatic hydroxyl groups excluding tert-OH is 1. The molecular formula is C18H18N4OS. The van der Waals surface area contributed by atoms with Gasteiger partial charge in [0, 0.05) is 24.3 Å². The normalized spacial score (nSPS) is 16.7. The van der Waals surface area contributed by atoms with Gasteiger partial charge in [0.25, 0.3) is 0 Å². The first-order valence-electron chi connectivity index (χ1n) is 8.08. The van der Waals surface area contributed by atoms with Gasteiger partial charge in [0.05, 0.1) is 11.8 Å². The largest absolute Gasteiger partial charge is 0.396 e. The summed E-state index contributed by atoms with van der Waals surface area (Å²) in [4.78, 5) is 10.6. The number of aromatic nitrogens is 3. The van der Waals surface area contributed by atoms with Crippen molar-refractivity contribution in [1.82, 2.24) is 14.8 Å². The van der Waals surface area contributed by atoms with E-state index in [-0.39, 0.29) is 12.6 Å². The van der Waals surface area contributed by atoms with Crippen molar-refractivity contribution in [2.45, 2.75) is 25.3 Å². The molecule has 122 valence electrons. The summed E-state index contributed by atoms with van der Waals surface area (Å²) in [7, 11) is 0. The zero-order valence-corrected chi connectivity index (χ0v) is 14.0. The lowest BCUT2D eigenvalue weighted by Crippen LogP contribution is -2.20. The molecular weight excluding hydrogens is 320 g/mol. The van der Waals surface area contributed by atoms with Crippen molar-refractivity contribution in [2.24, 2.45) is 4.99 Å². The molecule has 1 unspecified atom stereocenters. The summed E-state index contributed by atoms with van der Waals surface area (Å²) < 4.78 is 1.94. The van der Waals surface area contributed by atoms with Gasteiger partial charge in [-0.05, 0) is 23.4 Å². The first-order valence-corrected chi connectivity index (χ1v) is 8.96. The maximum atomic E-state index is 9.04. The molecule has 24 heavy (non-hydrogen) atoms. The quantitative estimate of drug-likeness (QED) is 0.776. The molecule has 0 saturated heterocycles. The summed E-state index contributed by atoms with van der Waals surface area (Å²) in [6, 6.07) is 14.6. The Hall–Kier alpha value is -2.31. The van der Waals surface area contributed by atoms with Gasteiger partial charge in [-0.15, -0.1) is 11.3 Å². The number of thiophene rings is 1. The number of rotatable bonds is 5. The van der Waals surface area contributed by atoms with Crippen molar-refractivity contribution in [2.75, 3.05) is 6.61 Å². The van der Waals surface area contributed by atoms with E-state index in [0.29, 0.717) is 18.8 Å². The van der Waals surface area contributed by atoms with Gasteiger partial charge < -0.3 is 5.11 Å². The molecule has 0 spiro atoms. The maximum absolute atomic E-state index is 9.04. The van der Waals surface area contributed by atoms with Gasteiger partial charge in [0.2, 0.25) is 5.95 Å². The minimum Gasteiger partial charge on any atom is -0.396 e. The first kappa shape index (κ1) is 15.2. The zero-order chi connectivity index (χ0) is 16.4. The third-order valence-electron chi connectivity index (χ3n) is 4.11. The Labute approximate surface area is 144 Å². The number of benzene rings is 1. The second-order valence-corrected chi connectivity index (χ2v) is 6.74. The molecule has 0 amide bonds. The van der Waals surface area contributed by atoms with Crippen LogP contribution in [0.5, 0.6) is 0 Å². The molecule has 1 atom stereocenters. The standard InChI is InChI=1S/C18H18N4OS/c23-10-4-9-17-20-18-19-14(13-6-2-1-3-7-13)12-15(22(18)21-17)16-8-5-11-24-16/h1-3,5-8,11,15,23H,4,9-10,12H2. The van der Waals surface area contributed by atoms with Crippen LogP contribution in [0.1, 0.15) is 35.1 Å². The van der Waals surface area contributed by atoms with Crippen molar-refractivity contribution in [3.05, 3.63) is 64.1 Å². The summed E-state index contributed by atoms with van der Waals surface area (Å²) in [5.74, 6) is 1.41.